The minimum Gasteiger partial charge on any atom is -0.234 e. The van der Waals surface area contributed by atoms with Crippen LogP contribution in [0.3, 0.4) is 0 Å². The molecule has 2 fully saturated rings. The van der Waals surface area contributed by atoms with Gasteiger partial charge in [0, 0.05) is 5.92 Å². The smallest absolute Gasteiger partial charge is 0.228 e. The minimum absolute atomic E-state index is 0.0650. The maximum absolute atomic E-state index is 15.2. The van der Waals surface area contributed by atoms with Crippen LogP contribution in [-0.4, -0.2) is 17.1 Å². The molecule has 2 aliphatic carbocycles. The molecule has 148 valence electrons. The molecule has 2 unspecified atom stereocenters. The summed E-state index contributed by atoms with van der Waals surface area (Å²) < 4.78 is 29.4. The van der Waals surface area contributed by atoms with Crippen molar-refractivity contribution in [2.75, 3.05) is 0 Å². The summed E-state index contributed by atoms with van der Waals surface area (Å²) in [5.74, 6) is 2.20. The molecule has 2 saturated carbocycles. The lowest BCUT2D eigenvalue weighted by atomic mass is 9.66. The number of allylic oxidation sites excluding steroid dienone is 1. The van der Waals surface area contributed by atoms with Crippen molar-refractivity contribution < 1.29 is 8.78 Å². The molecule has 0 aromatic carbocycles. The van der Waals surface area contributed by atoms with E-state index in [-0.39, 0.29) is 11.1 Å². The van der Waals surface area contributed by atoms with Gasteiger partial charge in [-0.2, -0.15) is 0 Å². The third kappa shape index (κ3) is 4.69. The van der Waals surface area contributed by atoms with Crippen LogP contribution in [0.15, 0.2) is 17.1 Å². The van der Waals surface area contributed by atoms with Crippen LogP contribution in [0.5, 0.6) is 0 Å². The zero-order valence-electron chi connectivity index (χ0n) is 16.1. The molecule has 4 heteroatoms. The van der Waals surface area contributed by atoms with E-state index >= 15 is 4.39 Å². The van der Waals surface area contributed by atoms with E-state index in [2.05, 4.69) is 11.9 Å². The molecule has 0 saturated heterocycles. The van der Waals surface area contributed by atoms with Gasteiger partial charge in [-0.25, -0.2) is 13.8 Å². The van der Waals surface area contributed by atoms with Crippen molar-refractivity contribution >= 4 is 16.8 Å². The topological polar surface area (TPSA) is 12.4 Å². The van der Waals surface area contributed by atoms with Crippen molar-refractivity contribution in [3.8, 4) is 0 Å². The molecule has 2 atom stereocenters. The number of alkyl halides is 2. The van der Waals surface area contributed by atoms with Crippen molar-refractivity contribution in [2.45, 2.75) is 95.9 Å². The molecule has 0 spiro atoms. The molecular weight excluding hydrogens is 352 g/mol. The highest BCUT2D eigenvalue weighted by Gasteiger charge is 2.48. The van der Waals surface area contributed by atoms with Crippen LogP contribution in [-0.2, 0) is 0 Å². The van der Waals surface area contributed by atoms with E-state index in [1.807, 2.05) is 0 Å². The zero-order chi connectivity index (χ0) is 18.6. The monoisotopic (exact) mass is 385 g/mol. The van der Waals surface area contributed by atoms with Gasteiger partial charge >= 0.3 is 0 Å². The first-order valence-electron chi connectivity index (χ1n) is 10.8. The normalized spacial score (nSPS) is 41.1. The van der Waals surface area contributed by atoms with Gasteiger partial charge in [0.05, 0.1) is 0 Å². The molecule has 26 heavy (non-hydrogen) atoms. The molecular formula is C22H34ClF2N. The van der Waals surface area contributed by atoms with Gasteiger partial charge < -0.3 is 0 Å². The molecule has 3 rings (SSSR count). The third-order valence-corrected chi connectivity index (χ3v) is 7.47. The molecule has 1 heterocycles. The Morgan fingerprint density at radius 1 is 1.04 bits per heavy atom. The molecule has 1 aliphatic heterocycles. The summed E-state index contributed by atoms with van der Waals surface area (Å²) in [6.07, 6.45) is 15.4. The number of nitrogens with zero attached hydrogens (tertiary/aromatic N) is 1. The van der Waals surface area contributed by atoms with Crippen LogP contribution in [0, 0.1) is 23.7 Å². The number of rotatable bonds is 6. The van der Waals surface area contributed by atoms with Crippen LogP contribution >= 0.6 is 11.6 Å². The largest absolute Gasteiger partial charge is 0.234 e. The first-order chi connectivity index (χ1) is 12.5. The second-order valence-electron chi connectivity index (χ2n) is 8.84. The Labute approximate surface area is 162 Å². The number of aliphatic imine (C=N–C) groups is 1. The maximum atomic E-state index is 15.2. The average Bonchev–Trinajstić information content (AvgIpc) is 2.66. The number of halogens is 3. The summed E-state index contributed by atoms with van der Waals surface area (Å²) in [4.78, 5) is 3.61. The Morgan fingerprint density at radius 2 is 1.65 bits per heavy atom. The summed E-state index contributed by atoms with van der Waals surface area (Å²) in [6.45, 7) is 2.27. The van der Waals surface area contributed by atoms with E-state index in [9.17, 15) is 4.39 Å². The standard InChI is InChI=1S/C22H34ClF2N/c1-2-3-4-5-16-6-8-17(9-7-16)18-10-12-19(13-11-18)22(25)15-14-20(23)26-21(22)24/h14-19,21H,2-13H2,1H3. The molecule has 0 aromatic heterocycles. The molecule has 0 bridgehead atoms. The van der Waals surface area contributed by atoms with E-state index in [0.717, 1.165) is 37.5 Å². The summed E-state index contributed by atoms with van der Waals surface area (Å²) >= 11 is 5.71. The Kier molecular flexibility index (Phi) is 7.16. The van der Waals surface area contributed by atoms with E-state index in [1.165, 1.54) is 63.5 Å². The predicted octanol–water partition coefficient (Wildman–Crippen LogP) is 7.39. The first-order valence-corrected chi connectivity index (χ1v) is 11.2. The zero-order valence-corrected chi connectivity index (χ0v) is 16.9. The van der Waals surface area contributed by atoms with Gasteiger partial charge in [0.25, 0.3) is 0 Å². The summed E-state index contributed by atoms with van der Waals surface area (Å²) in [5.41, 5.74) is -1.96. The van der Waals surface area contributed by atoms with Crippen molar-refractivity contribution in [1.82, 2.24) is 0 Å². The fourth-order valence-electron chi connectivity index (χ4n) is 5.52. The van der Waals surface area contributed by atoms with E-state index in [1.54, 1.807) is 0 Å². The van der Waals surface area contributed by atoms with E-state index in [0.29, 0.717) is 5.92 Å². The lowest BCUT2D eigenvalue weighted by Crippen LogP contribution is -2.44. The first kappa shape index (κ1) is 20.3. The SMILES string of the molecule is CCCCCC1CCC(C2CCC(C3(F)C=CC(Cl)=NC3F)CC2)CC1. The number of hydrogen-bond donors (Lipinski definition) is 0. The quantitative estimate of drug-likeness (QED) is 0.334. The second kappa shape index (κ2) is 9.17. The van der Waals surface area contributed by atoms with E-state index in [4.69, 9.17) is 11.6 Å². The van der Waals surface area contributed by atoms with Crippen molar-refractivity contribution in [3.63, 3.8) is 0 Å². The van der Waals surface area contributed by atoms with Gasteiger partial charge in [-0.05, 0) is 68.4 Å². The van der Waals surface area contributed by atoms with Gasteiger partial charge in [0.15, 0.2) is 5.67 Å². The molecule has 0 amide bonds. The van der Waals surface area contributed by atoms with Gasteiger partial charge in [-0.15, -0.1) is 0 Å². The lowest BCUT2D eigenvalue weighted by molar-refractivity contribution is 0.00806. The Bertz CT molecular complexity index is 504. The number of hydrogen-bond acceptors (Lipinski definition) is 1. The van der Waals surface area contributed by atoms with Crippen molar-refractivity contribution in [1.29, 1.82) is 0 Å². The molecule has 1 nitrogen and oxygen atoms in total. The minimum atomic E-state index is -1.96. The van der Waals surface area contributed by atoms with Gasteiger partial charge in [-0.1, -0.05) is 57.0 Å². The average molecular weight is 386 g/mol. The Hall–Kier alpha value is -0.440. The van der Waals surface area contributed by atoms with Crippen molar-refractivity contribution in [2.24, 2.45) is 28.7 Å². The molecule has 0 aromatic rings. The van der Waals surface area contributed by atoms with Gasteiger partial charge in [0.1, 0.15) is 5.17 Å². The van der Waals surface area contributed by atoms with Gasteiger partial charge in [0.2, 0.25) is 6.30 Å². The Morgan fingerprint density at radius 3 is 2.23 bits per heavy atom. The highest BCUT2D eigenvalue weighted by molar-refractivity contribution is 6.68. The predicted molar refractivity (Wildman–Crippen MR) is 106 cm³/mol. The fraction of sp³-hybridized carbons (Fsp3) is 0.864. The molecule has 3 aliphatic rings. The highest BCUT2D eigenvalue weighted by Crippen LogP contribution is 2.47. The van der Waals surface area contributed by atoms with E-state index < -0.39 is 12.0 Å². The number of dihydropyridines is 1. The van der Waals surface area contributed by atoms with Crippen LogP contribution in [0.1, 0.15) is 84.0 Å². The van der Waals surface area contributed by atoms with Crippen LogP contribution in [0.25, 0.3) is 0 Å². The van der Waals surface area contributed by atoms with Crippen LogP contribution in [0.4, 0.5) is 8.78 Å². The third-order valence-electron chi connectivity index (χ3n) is 7.25. The second-order valence-corrected chi connectivity index (χ2v) is 9.22. The summed E-state index contributed by atoms with van der Waals surface area (Å²) in [5, 5.41) is 0.0650. The van der Waals surface area contributed by atoms with Crippen LogP contribution < -0.4 is 0 Å². The molecule has 0 N–H and O–H groups in total. The highest BCUT2D eigenvalue weighted by atomic mass is 35.5. The number of unbranched alkanes of at least 4 members (excludes halogenated alkanes) is 2. The fourth-order valence-corrected chi connectivity index (χ4v) is 5.67. The molecule has 0 radical (unpaired) electrons. The van der Waals surface area contributed by atoms with Crippen LogP contribution in [0.2, 0.25) is 0 Å². The van der Waals surface area contributed by atoms with Crippen molar-refractivity contribution in [3.05, 3.63) is 12.2 Å². The summed E-state index contributed by atoms with van der Waals surface area (Å²) in [6, 6.07) is 0. The lowest BCUT2D eigenvalue weighted by Gasteiger charge is -2.42. The van der Waals surface area contributed by atoms with Gasteiger partial charge in [-0.3, -0.25) is 0 Å². The Balaban J connectivity index is 1.44. The maximum Gasteiger partial charge on any atom is 0.228 e. The summed E-state index contributed by atoms with van der Waals surface area (Å²) in [7, 11) is 0.